The van der Waals surface area contributed by atoms with Crippen molar-refractivity contribution in [3.8, 4) is 0 Å². The Morgan fingerprint density at radius 2 is 1.92 bits per heavy atom. The van der Waals surface area contributed by atoms with Crippen molar-refractivity contribution >= 4 is 18.7 Å². The molecule has 25 heavy (non-hydrogen) atoms. The van der Waals surface area contributed by atoms with Gasteiger partial charge >= 0.3 is 7.12 Å². The van der Waals surface area contributed by atoms with Gasteiger partial charge in [-0.1, -0.05) is 18.2 Å². The summed E-state index contributed by atoms with van der Waals surface area (Å²) in [5.74, 6) is -0.113. The van der Waals surface area contributed by atoms with Crippen molar-refractivity contribution in [3.63, 3.8) is 0 Å². The van der Waals surface area contributed by atoms with Gasteiger partial charge in [-0.2, -0.15) is 0 Å². The van der Waals surface area contributed by atoms with Crippen LogP contribution in [-0.4, -0.2) is 29.8 Å². The second-order valence-electron chi connectivity index (χ2n) is 6.82. The molecule has 2 rings (SSSR count). The van der Waals surface area contributed by atoms with Crippen LogP contribution in [0, 0.1) is 0 Å². The molecule has 0 unspecified atom stereocenters. The molecule has 1 heterocycles. The molecule has 0 aliphatic carbocycles. The second-order valence-corrected chi connectivity index (χ2v) is 6.82. The molecule has 1 saturated heterocycles. The molecule has 1 fully saturated rings. The first-order valence-corrected chi connectivity index (χ1v) is 8.78. The van der Waals surface area contributed by atoms with Crippen LogP contribution in [-0.2, 0) is 33.8 Å². The van der Waals surface area contributed by atoms with Crippen molar-refractivity contribution in [2.45, 2.75) is 64.0 Å². The van der Waals surface area contributed by atoms with Crippen molar-refractivity contribution in [1.82, 2.24) is 0 Å². The minimum Gasteiger partial charge on any atom is -0.427 e. The molecule has 0 saturated carbocycles. The summed E-state index contributed by atoms with van der Waals surface area (Å²) in [6.07, 6.45) is 2.02. The van der Waals surface area contributed by atoms with Gasteiger partial charge in [-0.25, -0.2) is 0 Å². The highest BCUT2D eigenvalue weighted by molar-refractivity contribution is 6.45. The third kappa shape index (κ3) is 5.75. The van der Waals surface area contributed by atoms with E-state index in [0.717, 1.165) is 16.7 Å². The molecule has 2 atom stereocenters. The molecule has 7 heteroatoms. The van der Waals surface area contributed by atoms with E-state index in [0.29, 0.717) is 38.8 Å². The van der Waals surface area contributed by atoms with Crippen LogP contribution in [0.25, 0.3) is 0 Å². The van der Waals surface area contributed by atoms with Crippen molar-refractivity contribution < 1.29 is 19.3 Å². The lowest BCUT2D eigenvalue weighted by Gasteiger charge is -2.30. The van der Waals surface area contributed by atoms with E-state index in [1.54, 1.807) is 0 Å². The maximum atomic E-state index is 12.4. The Balaban J connectivity index is 1.89. The molecule has 0 radical (unpaired) electrons. The summed E-state index contributed by atoms with van der Waals surface area (Å²) in [5.41, 5.74) is 14.3. The predicted molar refractivity (Wildman–Crippen MR) is 96.7 cm³/mol. The van der Waals surface area contributed by atoms with Gasteiger partial charge in [0.05, 0.1) is 0 Å². The van der Waals surface area contributed by atoms with E-state index in [-0.39, 0.29) is 29.9 Å². The molecule has 6 nitrogen and oxygen atoms in total. The van der Waals surface area contributed by atoms with Crippen LogP contribution in [0.2, 0.25) is 5.82 Å². The molecule has 0 bridgehead atoms. The van der Waals surface area contributed by atoms with Crippen LogP contribution in [0.4, 0.5) is 0 Å². The zero-order valence-corrected chi connectivity index (χ0v) is 14.7. The molecule has 0 aromatic heterocycles. The Morgan fingerprint density at radius 3 is 2.52 bits per heavy atom. The third-order valence-corrected chi connectivity index (χ3v) is 4.71. The normalized spacial score (nSPS) is 20.6. The number of nitrogens with two attached hydrogens (primary N) is 2. The molecule has 0 spiro atoms. The van der Waals surface area contributed by atoms with Gasteiger partial charge < -0.3 is 21.1 Å². The highest BCUT2D eigenvalue weighted by Crippen LogP contribution is 2.31. The smallest absolute Gasteiger partial charge is 0.427 e. The van der Waals surface area contributed by atoms with Gasteiger partial charge in [0.15, 0.2) is 0 Å². The monoisotopic (exact) mass is 346 g/mol. The van der Waals surface area contributed by atoms with Crippen LogP contribution in [0.3, 0.4) is 0 Å². The van der Waals surface area contributed by atoms with E-state index < -0.39 is 7.12 Å². The summed E-state index contributed by atoms with van der Waals surface area (Å²) < 4.78 is 5.48. The first kappa shape index (κ1) is 19.8. The van der Waals surface area contributed by atoms with Gasteiger partial charge in [0.2, 0.25) is 0 Å². The second kappa shape index (κ2) is 9.24. The fraction of sp³-hybridized carbons (Fsp3) is 0.556. The largest absolute Gasteiger partial charge is 0.458 e. The van der Waals surface area contributed by atoms with Gasteiger partial charge in [-0.3, -0.25) is 9.59 Å². The number of ketones is 2. The number of benzene rings is 1. The molecule has 136 valence electrons. The molecular weight excluding hydrogens is 319 g/mol. The SMILES string of the molecule is CC(=O)C[C@@H]1CC[C@H](CC(=O)Cc2ccc(CN)c(CN)c2)B(O)O1. The van der Waals surface area contributed by atoms with Gasteiger partial charge in [0.25, 0.3) is 0 Å². The van der Waals surface area contributed by atoms with Crippen LogP contribution < -0.4 is 11.5 Å². The molecule has 1 aromatic carbocycles. The number of carbonyl (C=O) groups excluding carboxylic acids is 2. The maximum absolute atomic E-state index is 12.4. The molecule has 1 aliphatic rings. The van der Waals surface area contributed by atoms with Gasteiger partial charge in [-0.15, -0.1) is 0 Å². The van der Waals surface area contributed by atoms with Crippen molar-refractivity contribution in [2.24, 2.45) is 11.5 Å². The zero-order chi connectivity index (χ0) is 18.4. The van der Waals surface area contributed by atoms with Crippen molar-refractivity contribution in [2.75, 3.05) is 0 Å². The number of hydrogen-bond donors (Lipinski definition) is 3. The number of Topliss-reactive ketones (excluding diaryl/α,β-unsaturated/α-hetero) is 2. The Bertz CT molecular complexity index is 623. The fourth-order valence-corrected chi connectivity index (χ4v) is 3.36. The van der Waals surface area contributed by atoms with Gasteiger partial charge in [0, 0.05) is 44.3 Å². The summed E-state index contributed by atoms with van der Waals surface area (Å²) in [4.78, 5) is 23.5. The number of carbonyl (C=O) groups is 2. The molecule has 0 amide bonds. The van der Waals surface area contributed by atoms with E-state index in [1.807, 2.05) is 18.2 Å². The highest BCUT2D eigenvalue weighted by atomic mass is 16.5. The molecular formula is C18H27BN2O4. The topological polar surface area (TPSA) is 116 Å². The Morgan fingerprint density at radius 1 is 1.20 bits per heavy atom. The van der Waals surface area contributed by atoms with E-state index in [9.17, 15) is 14.6 Å². The lowest BCUT2D eigenvalue weighted by molar-refractivity contribution is -0.120. The summed E-state index contributed by atoms with van der Waals surface area (Å²) in [5, 5.41) is 10.1. The van der Waals surface area contributed by atoms with Crippen molar-refractivity contribution in [3.05, 3.63) is 34.9 Å². The predicted octanol–water partition coefficient (Wildman–Crippen LogP) is 1.11. The highest BCUT2D eigenvalue weighted by Gasteiger charge is 2.36. The first-order valence-electron chi connectivity index (χ1n) is 8.78. The van der Waals surface area contributed by atoms with E-state index in [1.165, 1.54) is 6.92 Å². The van der Waals surface area contributed by atoms with Crippen molar-refractivity contribution in [1.29, 1.82) is 0 Å². The van der Waals surface area contributed by atoms with Crippen LogP contribution in [0.15, 0.2) is 18.2 Å². The molecule has 5 N–H and O–H groups in total. The summed E-state index contributed by atoms with van der Waals surface area (Å²) in [6.45, 7) is 2.33. The molecule has 1 aromatic rings. The fourth-order valence-electron chi connectivity index (χ4n) is 3.36. The minimum absolute atomic E-state index is 0.0448. The van der Waals surface area contributed by atoms with Crippen LogP contribution in [0.1, 0.15) is 49.3 Å². The Labute approximate surface area is 149 Å². The number of hydrogen-bond acceptors (Lipinski definition) is 6. The quantitative estimate of drug-likeness (QED) is 0.608. The average molecular weight is 346 g/mol. The maximum Gasteiger partial charge on any atom is 0.458 e. The average Bonchev–Trinajstić information content (AvgIpc) is 2.56. The third-order valence-electron chi connectivity index (χ3n) is 4.71. The summed E-state index contributed by atoms with van der Waals surface area (Å²) >= 11 is 0. The van der Waals surface area contributed by atoms with E-state index in [2.05, 4.69) is 0 Å². The molecule has 1 aliphatic heterocycles. The van der Waals surface area contributed by atoms with Gasteiger partial charge in [0.1, 0.15) is 11.6 Å². The first-order chi connectivity index (χ1) is 11.9. The zero-order valence-electron chi connectivity index (χ0n) is 14.7. The lowest BCUT2D eigenvalue weighted by Crippen LogP contribution is -2.37. The minimum atomic E-state index is -0.985. The van der Waals surface area contributed by atoms with Gasteiger partial charge in [-0.05, 0) is 36.5 Å². The van der Waals surface area contributed by atoms with Crippen LogP contribution >= 0.6 is 0 Å². The Kier molecular flexibility index (Phi) is 7.31. The summed E-state index contributed by atoms with van der Waals surface area (Å²) in [7, 11) is -0.985. The summed E-state index contributed by atoms with van der Waals surface area (Å²) in [6, 6.07) is 5.74. The Hall–Kier alpha value is -1.54. The number of rotatable bonds is 8. The van der Waals surface area contributed by atoms with E-state index in [4.69, 9.17) is 16.1 Å². The van der Waals surface area contributed by atoms with E-state index >= 15 is 0 Å². The van der Waals surface area contributed by atoms with Crippen LogP contribution in [0.5, 0.6) is 0 Å². The lowest BCUT2D eigenvalue weighted by atomic mass is 9.64. The standard InChI is InChI=1S/C18H27BN2O4/c1-12(22)6-18-5-4-16(19(24)25-18)9-17(23)8-13-2-3-14(10-20)15(7-13)11-21/h2-3,7,16,18,24H,4-6,8-11,20-21H2,1H3/t16-,18+/m1/s1.